The molecule has 0 spiro atoms. The van der Waals surface area contributed by atoms with Crippen molar-refractivity contribution in [2.75, 3.05) is 25.6 Å². The lowest BCUT2D eigenvalue weighted by Gasteiger charge is -2.34. The van der Waals surface area contributed by atoms with Gasteiger partial charge in [0.1, 0.15) is 17.0 Å². The summed E-state index contributed by atoms with van der Waals surface area (Å²) >= 11 is 0. The first-order valence-corrected chi connectivity index (χ1v) is 12.0. The van der Waals surface area contributed by atoms with Crippen molar-refractivity contribution in [1.82, 2.24) is 29.5 Å². The van der Waals surface area contributed by atoms with Crippen LogP contribution in [-0.2, 0) is 4.74 Å². The zero-order valence-corrected chi connectivity index (χ0v) is 19.5. The van der Waals surface area contributed by atoms with Crippen molar-refractivity contribution in [3.63, 3.8) is 0 Å². The van der Waals surface area contributed by atoms with E-state index >= 15 is 0 Å². The highest BCUT2D eigenvalue weighted by atomic mass is 16.5. The maximum Gasteiger partial charge on any atom is 0.256 e. The summed E-state index contributed by atoms with van der Waals surface area (Å²) in [5.41, 5.74) is 3.76. The number of aromatic nitrogens is 5. The summed E-state index contributed by atoms with van der Waals surface area (Å²) in [4.78, 5) is 22.7. The molecule has 176 valence electrons. The van der Waals surface area contributed by atoms with E-state index in [1.807, 2.05) is 25.4 Å². The second kappa shape index (κ2) is 8.39. The fourth-order valence-corrected chi connectivity index (χ4v) is 5.09. The molecule has 2 atom stereocenters. The summed E-state index contributed by atoms with van der Waals surface area (Å²) in [6, 6.07) is 6.58. The summed E-state index contributed by atoms with van der Waals surface area (Å²) in [6.45, 7) is 3.69. The molecule has 9 nitrogen and oxygen atoms in total. The number of pyridine rings is 1. The van der Waals surface area contributed by atoms with Gasteiger partial charge in [0.2, 0.25) is 0 Å². The lowest BCUT2D eigenvalue weighted by atomic mass is 9.81. The lowest BCUT2D eigenvalue weighted by molar-refractivity contribution is 0.0706. The Morgan fingerprint density at radius 2 is 2.03 bits per heavy atom. The number of hydrogen-bond acceptors (Lipinski definition) is 6. The molecular weight excluding hydrogens is 430 g/mol. The predicted octanol–water partition coefficient (Wildman–Crippen LogP) is 3.67. The van der Waals surface area contributed by atoms with Gasteiger partial charge < -0.3 is 19.9 Å². The van der Waals surface area contributed by atoms with E-state index in [-0.39, 0.29) is 11.9 Å². The molecule has 34 heavy (non-hydrogen) atoms. The molecule has 9 heteroatoms. The van der Waals surface area contributed by atoms with E-state index in [1.54, 1.807) is 10.7 Å². The van der Waals surface area contributed by atoms with Gasteiger partial charge in [-0.25, -0.2) is 9.97 Å². The first-order chi connectivity index (χ1) is 16.6. The van der Waals surface area contributed by atoms with Gasteiger partial charge in [-0.15, -0.1) is 0 Å². The van der Waals surface area contributed by atoms with Crippen LogP contribution in [0.5, 0.6) is 0 Å². The van der Waals surface area contributed by atoms with Crippen molar-refractivity contribution in [2.24, 2.45) is 5.92 Å². The number of carbonyl (C=O) groups excluding carboxylic acids is 1. The minimum Gasteiger partial charge on any atom is -0.381 e. The normalized spacial score (nSPS) is 21.0. The van der Waals surface area contributed by atoms with Crippen LogP contribution in [0.2, 0.25) is 0 Å². The van der Waals surface area contributed by atoms with Gasteiger partial charge in [-0.05, 0) is 43.7 Å². The minimum atomic E-state index is -0.121. The number of rotatable bonds is 5. The average Bonchev–Trinajstić information content (AvgIpc) is 3.48. The topological polar surface area (TPSA) is 98.4 Å². The Balaban J connectivity index is 1.46. The molecule has 0 radical (unpaired) electrons. The fourth-order valence-electron chi connectivity index (χ4n) is 5.09. The van der Waals surface area contributed by atoms with Crippen LogP contribution < -0.4 is 10.6 Å². The Kier molecular flexibility index (Phi) is 5.21. The molecule has 4 aromatic rings. The molecule has 1 saturated carbocycles. The molecule has 0 aromatic carbocycles. The van der Waals surface area contributed by atoms with Crippen LogP contribution in [0.4, 0.5) is 5.82 Å². The summed E-state index contributed by atoms with van der Waals surface area (Å²) in [7, 11) is 1.85. The number of anilines is 1. The standard InChI is InChI=1S/C25H29N7O2/c1-15-5-6-20(15)30-25(33)18-13-28-32-22(26-2)12-21(29-24(18)32)19-14-31(16-7-10-34-11-8-16)23-17(19)4-3-9-27-23/h3-4,9,12-16,20,26H,5-8,10-11H2,1-2H3,(H,30,33)/t15-,20+/m1/s1. The Morgan fingerprint density at radius 3 is 2.76 bits per heavy atom. The van der Waals surface area contributed by atoms with E-state index in [0.29, 0.717) is 23.2 Å². The van der Waals surface area contributed by atoms with Gasteiger partial charge in [-0.2, -0.15) is 9.61 Å². The molecule has 0 unspecified atom stereocenters. The summed E-state index contributed by atoms with van der Waals surface area (Å²) in [5, 5.41) is 11.9. The smallest absolute Gasteiger partial charge is 0.256 e. The SMILES string of the molecule is CNc1cc(-c2cn(C3CCOCC3)c3ncccc23)nc2c(C(=O)N[C@H]3CC[C@H]3C)cnn12. The molecule has 5 heterocycles. The van der Waals surface area contributed by atoms with Crippen molar-refractivity contribution in [3.8, 4) is 11.3 Å². The Bertz CT molecular complexity index is 1370. The number of carbonyl (C=O) groups is 1. The lowest BCUT2D eigenvalue weighted by Crippen LogP contribution is -2.45. The zero-order valence-electron chi connectivity index (χ0n) is 19.5. The van der Waals surface area contributed by atoms with Gasteiger partial charge in [-0.3, -0.25) is 4.79 Å². The van der Waals surface area contributed by atoms with E-state index in [0.717, 1.165) is 67.0 Å². The largest absolute Gasteiger partial charge is 0.381 e. The number of hydrogen-bond donors (Lipinski definition) is 2. The molecule has 0 bridgehead atoms. The van der Waals surface area contributed by atoms with Crippen LogP contribution in [0, 0.1) is 5.92 Å². The fraction of sp³-hybridized carbons (Fsp3) is 0.440. The van der Waals surface area contributed by atoms with Crippen molar-refractivity contribution in [3.05, 3.63) is 42.4 Å². The maximum absolute atomic E-state index is 13.1. The molecule has 1 amide bonds. The average molecular weight is 460 g/mol. The number of nitrogens with zero attached hydrogens (tertiary/aromatic N) is 5. The number of fused-ring (bicyclic) bond motifs is 2. The van der Waals surface area contributed by atoms with E-state index in [1.165, 1.54) is 0 Å². The monoisotopic (exact) mass is 459 g/mol. The van der Waals surface area contributed by atoms with Gasteiger partial charge in [0, 0.05) is 61.8 Å². The Morgan fingerprint density at radius 1 is 1.18 bits per heavy atom. The van der Waals surface area contributed by atoms with Gasteiger partial charge in [-0.1, -0.05) is 6.92 Å². The first-order valence-electron chi connectivity index (χ1n) is 12.0. The van der Waals surface area contributed by atoms with Gasteiger partial charge in [0.25, 0.3) is 5.91 Å². The van der Waals surface area contributed by atoms with E-state index in [9.17, 15) is 4.79 Å². The summed E-state index contributed by atoms with van der Waals surface area (Å²) in [6.07, 6.45) is 9.68. The van der Waals surface area contributed by atoms with Crippen LogP contribution >= 0.6 is 0 Å². The van der Waals surface area contributed by atoms with Crippen molar-refractivity contribution in [1.29, 1.82) is 0 Å². The van der Waals surface area contributed by atoms with Crippen LogP contribution in [0.25, 0.3) is 27.9 Å². The number of amides is 1. The molecule has 2 N–H and O–H groups in total. The minimum absolute atomic E-state index is 0.121. The summed E-state index contributed by atoms with van der Waals surface area (Å²) < 4.78 is 9.53. The van der Waals surface area contributed by atoms with Crippen molar-refractivity contribution >= 4 is 28.4 Å². The highest BCUT2D eigenvalue weighted by molar-refractivity contribution is 6.01. The molecule has 6 rings (SSSR count). The zero-order chi connectivity index (χ0) is 23.2. The van der Waals surface area contributed by atoms with Gasteiger partial charge in [0.05, 0.1) is 11.9 Å². The Hall–Kier alpha value is -3.46. The van der Waals surface area contributed by atoms with Crippen molar-refractivity contribution in [2.45, 2.75) is 44.7 Å². The molecule has 4 aromatic heterocycles. The highest BCUT2D eigenvalue weighted by Gasteiger charge is 2.30. The van der Waals surface area contributed by atoms with Crippen LogP contribution in [0.1, 0.15) is 49.0 Å². The quantitative estimate of drug-likeness (QED) is 0.473. The second-order valence-corrected chi connectivity index (χ2v) is 9.37. The Labute approximate surface area is 197 Å². The first kappa shape index (κ1) is 21.1. The maximum atomic E-state index is 13.1. The van der Waals surface area contributed by atoms with Gasteiger partial charge >= 0.3 is 0 Å². The molecule has 1 aliphatic heterocycles. The molecule has 1 aliphatic carbocycles. The highest BCUT2D eigenvalue weighted by Crippen LogP contribution is 2.35. The molecule has 2 aliphatic rings. The number of nitrogens with one attached hydrogen (secondary N) is 2. The van der Waals surface area contributed by atoms with Gasteiger partial charge in [0.15, 0.2) is 5.65 Å². The van der Waals surface area contributed by atoms with Crippen LogP contribution in [0.3, 0.4) is 0 Å². The summed E-state index contributed by atoms with van der Waals surface area (Å²) in [5.74, 6) is 1.16. The third kappa shape index (κ3) is 3.42. The van der Waals surface area contributed by atoms with Crippen molar-refractivity contribution < 1.29 is 9.53 Å². The van der Waals surface area contributed by atoms with E-state index in [2.05, 4.69) is 39.5 Å². The molecule has 1 saturated heterocycles. The molecular formula is C25H29N7O2. The number of ether oxygens (including phenoxy) is 1. The molecule has 2 fully saturated rings. The predicted molar refractivity (Wildman–Crippen MR) is 130 cm³/mol. The van der Waals surface area contributed by atoms with E-state index < -0.39 is 0 Å². The third-order valence-corrected chi connectivity index (χ3v) is 7.36. The van der Waals surface area contributed by atoms with Crippen LogP contribution in [0.15, 0.2) is 36.8 Å². The van der Waals surface area contributed by atoms with E-state index in [4.69, 9.17) is 14.7 Å². The van der Waals surface area contributed by atoms with Crippen LogP contribution in [-0.4, -0.2) is 56.4 Å². The second-order valence-electron chi connectivity index (χ2n) is 9.37. The third-order valence-electron chi connectivity index (χ3n) is 7.36.